The zero-order valence-electron chi connectivity index (χ0n) is 17.5. The lowest BCUT2D eigenvalue weighted by Crippen LogP contribution is -2.27. The molecule has 1 amide bonds. The Hall–Kier alpha value is -3.76. The number of pyridine rings is 1. The van der Waals surface area contributed by atoms with Crippen LogP contribution in [-0.2, 0) is 6.54 Å². The highest BCUT2D eigenvalue weighted by atomic mass is 35.5. The maximum atomic E-state index is 12.9. The Morgan fingerprint density at radius 2 is 1.62 bits per heavy atom. The molecular weight excluding hydrogens is 420 g/mol. The second kappa shape index (κ2) is 9.58. The van der Waals surface area contributed by atoms with Gasteiger partial charge in [0.05, 0.1) is 11.3 Å². The molecular formula is C27H21ClN2O2. The fraction of sp³-hybridized carbons (Fsp3) is 0.0741. The van der Waals surface area contributed by atoms with Crippen molar-refractivity contribution in [2.45, 2.75) is 6.54 Å². The molecule has 5 heteroatoms. The van der Waals surface area contributed by atoms with Crippen LogP contribution in [0.3, 0.4) is 0 Å². The molecule has 0 bridgehead atoms. The fourth-order valence-corrected chi connectivity index (χ4v) is 3.74. The van der Waals surface area contributed by atoms with Gasteiger partial charge in [-0.05, 0) is 35.4 Å². The fourth-order valence-electron chi connectivity index (χ4n) is 3.62. The Bertz CT molecular complexity index is 1250. The average Bonchev–Trinajstić information content (AvgIpc) is 2.84. The number of amides is 1. The first-order valence-corrected chi connectivity index (χ1v) is 10.5. The maximum absolute atomic E-state index is 12.9. The summed E-state index contributed by atoms with van der Waals surface area (Å²) >= 11 is 6.09. The van der Waals surface area contributed by atoms with E-state index < -0.39 is 0 Å². The van der Waals surface area contributed by atoms with Crippen LogP contribution in [-0.4, -0.2) is 29.1 Å². The molecule has 0 aliphatic carbocycles. The Morgan fingerprint density at radius 3 is 2.34 bits per heavy atom. The first-order valence-electron chi connectivity index (χ1n) is 10.2. The van der Waals surface area contributed by atoms with Crippen molar-refractivity contribution in [2.24, 2.45) is 0 Å². The van der Waals surface area contributed by atoms with Gasteiger partial charge in [-0.25, -0.2) is 0 Å². The van der Waals surface area contributed by atoms with Crippen LogP contribution in [0.1, 0.15) is 26.3 Å². The van der Waals surface area contributed by atoms with Gasteiger partial charge in [0.15, 0.2) is 6.29 Å². The molecule has 0 aliphatic rings. The Morgan fingerprint density at radius 1 is 0.938 bits per heavy atom. The molecule has 0 unspecified atom stereocenters. The van der Waals surface area contributed by atoms with Crippen LogP contribution >= 0.6 is 11.6 Å². The van der Waals surface area contributed by atoms with Crippen molar-refractivity contribution < 1.29 is 9.59 Å². The molecule has 1 aromatic heterocycles. The summed E-state index contributed by atoms with van der Waals surface area (Å²) in [6.07, 6.45) is 2.49. The first-order chi connectivity index (χ1) is 15.6. The van der Waals surface area contributed by atoms with E-state index in [4.69, 9.17) is 16.6 Å². The van der Waals surface area contributed by atoms with Crippen LogP contribution in [0.25, 0.3) is 22.4 Å². The molecule has 1 heterocycles. The third-order valence-electron chi connectivity index (χ3n) is 5.23. The number of aromatic nitrogens is 1. The standard InChI is InChI=1S/C27H21ClN2O2/c1-30(27(32)24-10-6-5-9-22(24)18-31)17-19-15-25(20-11-13-23(28)14-12-20)26(29-16-19)21-7-3-2-4-8-21/h2-16,18H,17H2,1H3. The molecule has 4 nitrogen and oxygen atoms in total. The molecule has 0 saturated heterocycles. The minimum absolute atomic E-state index is 0.215. The second-order valence-electron chi connectivity index (χ2n) is 7.48. The van der Waals surface area contributed by atoms with Gasteiger partial charge >= 0.3 is 0 Å². The van der Waals surface area contributed by atoms with Gasteiger partial charge in [0.25, 0.3) is 5.91 Å². The normalized spacial score (nSPS) is 10.6. The minimum atomic E-state index is -0.215. The van der Waals surface area contributed by atoms with Gasteiger partial charge in [0.2, 0.25) is 0 Å². The van der Waals surface area contributed by atoms with E-state index >= 15 is 0 Å². The van der Waals surface area contributed by atoms with Crippen LogP contribution in [0.15, 0.2) is 91.1 Å². The van der Waals surface area contributed by atoms with Gasteiger partial charge in [-0.2, -0.15) is 0 Å². The first kappa shape index (κ1) is 21.5. The van der Waals surface area contributed by atoms with Gasteiger partial charge in [-0.3, -0.25) is 14.6 Å². The zero-order valence-corrected chi connectivity index (χ0v) is 18.3. The number of aldehydes is 1. The Balaban J connectivity index is 1.69. The van der Waals surface area contributed by atoms with E-state index in [2.05, 4.69) is 0 Å². The molecule has 32 heavy (non-hydrogen) atoms. The van der Waals surface area contributed by atoms with E-state index in [1.165, 1.54) is 0 Å². The number of carbonyl (C=O) groups is 2. The largest absolute Gasteiger partial charge is 0.337 e. The van der Waals surface area contributed by atoms with Crippen molar-refractivity contribution in [2.75, 3.05) is 7.05 Å². The zero-order chi connectivity index (χ0) is 22.5. The van der Waals surface area contributed by atoms with Crippen molar-refractivity contribution in [3.63, 3.8) is 0 Å². The smallest absolute Gasteiger partial charge is 0.254 e. The van der Waals surface area contributed by atoms with Crippen molar-refractivity contribution in [1.82, 2.24) is 9.88 Å². The Kier molecular flexibility index (Phi) is 6.43. The number of nitrogens with zero attached hydrogens (tertiary/aromatic N) is 2. The summed E-state index contributed by atoms with van der Waals surface area (Å²) in [6.45, 7) is 0.356. The van der Waals surface area contributed by atoms with Crippen molar-refractivity contribution in [3.05, 3.63) is 113 Å². The van der Waals surface area contributed by atoms with Gasteiger partial charge in [0.1, 0.15) is 0 Å². The SMILES string of the molecule is CN(Cc1cnc(-c2ccccc2)c(-c2ccc(Cl)cc2)c1)C(=O)c1ccccc1C=O. The molecule has 158 valence electrons. The van der Waals surface area contributed by atoms with Crippen LogP contribution in [0.2, 0.25) is 5.02 Å². The molecule has 3 aromatic carbocycles. The number of hydrogen-bond donors (Lipinski definition) is 0. The molecule has 4 aromatic rings. The number of hydrogen-bond acceptors (Lipinski definition) is 3. The lowest BCUT2D eigenvalue weighted by atomic mass is 9.97. The van der Waals surface area contributed by atoms with Gasteiger partial charge in [-0.1, -0.05) is 72.3 Å². The van der Waals surface area contributed by atoms with Gasteiger partial charge in [-0.15, -0.1) is 0 Å². The summed E-state index contributed by atoms with van der Waals surface area (Å²) in [4.78, 5) is 30.6. The van der Waals surface area contributed by atoms with E-state index in [0.717, 1.165) is 27.9 Å². The highest BCUT2D eigenvalue weighted by Crippen LogP contribution is 2.32. The highest BCUT2D eigenvalue weighted by Gasteiger charge is 2.17. The van der Waals surface area contributed by atoms with Crippen molar-refractivity contribution in [3.8, 4) is 22.4 Å². The molecule has 0 saturated carbocycles. The molecule has 0 atom stereocenters. The molecule has 0 spiro atoms. The predicted molar refractivity (Wildman–Crippen MR) is 128 cm³/mol. The number of rotatable bonds is 6. The van der Waals surface area contributed by atoms with Crippen LogP contribution < -0.4 is 0 Å². The van der Waals surface area contributed by atoms with Crippen molar-refractivity contribution in [1.29, 1.82) is 0 Å². The van der Waals surface area contributed by atoms with E-state index in [0.29, 0.717) is 29.0 Å². The minimum Gasteiger partial charge on any atom is -0.337 e. The van der Waals surface area contributed by atoms with Gasteiger partial charge < -0.3 is 4.90 Å². The average molecular weight is 441 g/mol. The summed E-state index contributed by atoms with van der Waals surface area (Å²) in [7, 11) is 1.72. The third kappa shape index (κ3) is 4.61. The topological polar surface area (TPSA) is 50.3 Å². The molecule has 0 radical (unpaired) electrons. The second-order valence-corrected chi connectivity index (χ2v) is 7.92. The quantitative estimate of drug-likeness (QED) is 0.338. The summed E-state index contributed by atoms with van der Waals surface area (Å²) in [5, 5.41) is 0.665. The molecule has 4 rings (SSSR count). The summed E-state index contributed by atoms with van der Waals surface area (Å²) in [5.74, 6) is -0.215. The van der Waals surface area contributed by atoms with Gasteiger partial charge in [0, 0.05) is 41.5 Å². The molecule has 0 N–H and O–H groups in total. The lowest BCUT2D eigenvalue weighted by Gasteiger charge is -2.19. The summed E-state index contributed by atoms with van der Waals surface area (Å²) in [6, 6.07) is 26.5. The summed E-state index contributed by atoms with van der Waals surface area (Å²) in [5.41, 5.74) is 5.46. The van der Waals surface area contributed by atoms with E-state index in [9.17, 15) is 9.59 Å². The van der Waals surface area contributed by atoms with Crippen LogP contribution in [0.4, 0.5) is 0 Å². The molecule has 0 aliphatic heterocycles. The van der Waals surface area contributed by atoms with Crippen molar-refractivity contribution >= 4 is 23.8 Å². The predicted octanol–water partition coefficient (Wildman–Crippen LogP) is 6.15. The Labute approximate surface area is 192 Å². The number of carbonyl (C=O) groups excluding carboxylic acids is 2. The monoisotopic (exact) mass is 440 g/mol. The lowest BCUT2D eigenvalue weighted by molar-refractivity contribution is 0.0782. The van der Waals surface area contributed by atoms with E-state index in [1.54, 1.807) is 42.4 Å². The molecule has 0 fully saturated rings. The van der Waals surface area contributed by atoms with E-state index in [1.807, 2.05) is 60.7 Å². The van der Waals surface area contributed by atoms with E-state index in [-0.39, 0.29) is 5.91 Å². The third-order valence-corrected chi connectivity index (χ3v) is 5.48. The van der Waals surface area contributed by atoms with Crippen LogP contribution in [0, 0.1) is 0 Å². The number of benzene rings is 3. The highest BCUT2D eigenvalue weighted by molar-refractivity contribution is 6.30. The van der Waals surface area contributed by atoms with Crippen LogP contribution in [0.5, 0.6) is 0 Å². The number of halogens is 1. The summed E-state index contributed by atoms with van der Waals surface area (Å²) < 4.78 is 0. The maximum Gasteiger partial charge on any atom is 0.254 e.